The number of nitrogens with one attached hydrogen (secondary N) is 2. The van der Waals surface area contributed by atoms with E-state index in [1.807, 2.05) is 18.2 Å². The van der Waals surface area contributed by atoms with Crippen LogP contribution in [0.5, 0.6) is 0 Å². The number of carbonyl (C=O) groups is 3. The van der Waals surface area contributed by atoms with Gasteiger partial charge in [0.25, 0.3) is 5.91 Å². The highest BCUT2D eigenvalue weighted by Crippen LogP contribution is 2.26. The summed E-state index contributed by atoms with van der Waals surface area (Å²) in [6.07, 6.45) is 1.04. The summed E-state index contributed by atoms with van der Waals surface area (Å²) in [7, 11) is 0. The zero-order chi connectivity index (χ0) is 19.9. The first-order valence-electron chi connectivity index (χ1n) is 9.08. The number of hydrogen-bond acceptors (Lipinski definition) is 4. The largest absolute Gasteiger partial charge is 0.480 e. The van der Waals surface area contributed by atoms with Crippen molar-refractivity contribution in [2.24, 2.45) is 0 Å². The molecule has 1 aliphatic rings. The van der Waals surface area contributed by atoms with Gasteiger partial charge in [0, 0.05) is 23.8 Å². The van der Waals surface area contributed by atoms with Crippen LogP contribution < -0.4 is 10.6 Å². The number of rotatable bonds is 7. The smallest absolute Gasteiger partial charge is 0.322 e. The Bertz CT molecular complexity index is 857. The minimum absolute atomic E-state index is 0.0764. The molecule has 1 heterocycles. The summed E-state index contributed by atoms with van der Waals surface area (Å²) in [5, 5.41) is 13.7. The Morgan fingerprint density at radius 3 is 2.57 bits per heavy atom. The Hall–Kier alpha value is -3.19. The highest BCUT2D eigenvalue weighted by atomic mass is 16.5. The lowest BCUT2D eigenvalue weighted by molar-refractivity contribution is -0.137. The summed E-state index contributed by atoms with van der Waals surface area (Å²) in [4.78, 5) is 34.6. The van der Waals surface area contributed by atoms with Crippen molar-refractivity contribution in [2.75, 3.05) is 25.1 Å². The molecule has 2 amide bonds. The van der Waals surface area contributed by atoms with Crippen LogP contribution in [0.3, 0.4) is 0 Å². The normalized spacial score (nSPS) is 15.8. The standard InChI is InChI=1S/C21H22N2O5/c24-19(22-12-20(25)26)10-14-4-6-18(7-5-14)23-21(27)16-3-1-2-15(11-16)17-8-9-28-13-17/h1-7,11,17H,8-10,12-13H2,(H,22,24)(H,23,27)(H,25,26). The van der Waals surface area contributed by atoms with Crippen molar-refractivity contribution in [3.05, 3.63) is 65.2 Å². The predicted molar refractivity (Wildman–Crippen MR) is 103 cm³/mol. The molecule has 0 spiro atoms. The second-order valence-corrected chi connectivity index (χ2v) is 6.68. The topological polar surface area (TPSA) is 105 Å². The van der Waals surface area contributed by atoms with Crippen molar-refractivity contribution in [1.29, 1.82) is 0 Å². The second-order valence-electron chi connectivity index (χ2n) is 6.68. The molecule has 0 aliphatic carbocycles. The van der Waals surface area contributed by atoms with Crippen LogP contribution in [-0.2, 0) is 20.7 Å². The van der Waals surface area contributed by atoms with Crippen molar-refractivity contribution in [3.8, 4) is 0 Å². The van der Waals surface area contributed by atoms with Crippen molar-refractivity contribution in [2.45, 2.75) is 18.8 Å². The fraction of sp³-hybridized carbons (Fsp3) is 0.286. The van der Waals surface area contributed by atoms with Gasteiger partial charge in [-0.3, -0.25) is 14.4 Å². The molecule has 2 aromatic rings. The van der Waals surface area contributed by atoms with Gasteiger partial charge in [0.15, 0.2) is 0 Å². The Balaban J connectivity index is 1.58. The summed E-state index contributed by atoms with van der Waals surface area (Å²) in [6, 6.07) is 14.4. The van der Waals surface area contributed by atoms with E-state index in [1.54, 1.807) is 30.3 Å². The number of aliphatic carboxylic acids is 1. The summed E-state index contributed by atoms with van der Waals surface area (Å²) in [5.41, 5.74) is 3.04. The molecule has 1 atom stereocenters. The third kappa shape index (κ3) is 5.40. The number of anilines is 1. The molecule has 7 heteroatoms. The van der Waals surface area contributed by atoms with Crippen LogP contribution in [0.4, 0.5) is 5.69 Å². The van der Waals surface area contributed by atoms with Crippen LogP contribution >= 0.6 is 0 Å². The Morgan fingerprint density at radius 2 is 1.89 bits per heavy atom. The molecule has 0 aromatic heterocycles. The lowest BCUT2D eigenvalue weighted by Crippen LogP contribution is -2.30. The molecule has 3 rings (SSSR count). The van der Waals surface area contributed by atoms with E-state index in [9.17, 15) is 14.4 Å². The maximum absolute atomic E-state index is 12.5. The van der Waals surface area contributed by atoms with Crippen LogP contribution in [0.15, 0.2) is 48.5 Å². The van der Waals surface area contributed by atoms with E-state index in [2.05, 4.69) is 10.6 Å². The molecule has 3 N–H and O–H groups in total. The summed E-state index contributed by atoms with van der Waals surface area (Å²) in [6.45, 7) is 1.04. The number of carbonyl (C=O) groups excluding carboxylic acids is 2. The number of hydrogen-bond donors (Lipinski definition) is 3. The van der Waals surface area contributed by atoms with Gasteiger partial charge in [-0.25, -0.2) is 0 Å². The van der Waals surface area contributed by atoms with Gasteiger partial charge in [0.2, 0.25) is 5.91 Å². The van der Waals surface area contributed by atoms with Gasteiger partial charge in [-0.15, -0.1) is 0 Å². The van der Waals surface area contributed by atoms with Gasteiger partial charge in [0.05, 0.1) is 13.0 Å². The summed E-state index contributed by atoms with van der Waals surface area (Å²) < 4.78 is 5.41. The average molecular weight is 382 g/mol. The van der Waals surface area contributed by atoms with E-state index >= 15 is 0 Å². The fourth-order valence-electron chi connectivity index (χ4n) is 3.06. The monoisotopic (exact) mass is 382 g/mol. The van der Waals surface area contributed by atoms with Gasteiger partial charge < -0.3 is 20.5 Å². The minimum Gasteiger partial charge on any atom is -0.480 e. The Labute approximate surface area is 162 Å². The van der Waals surface area contributed by atoms with Gasteiger partial charge in [-0.1, -0.05) is 24.3 Å². The summed E-state index contributed by atoms with van der Waals surface area (Å²) in [5.74, 6) is -1.32. The van der Waals surface area contributed by atoms with Gasteiger partial charge in [-0.05, 0) is 41.8 Å². The van der Waals surface area contributed by atoms with Crippen molar-refractivity contribution in [3.63, 3.8) is 0 Å². The predicted octanol–water partition coefficient (Wildman–Crippen LogP) is 2.19. The van der Waals surface area contributed by atoms with Gasteiger partial charge >= 0.3 is 5.97 Å². The number of ether oxygens (including phenoxy) is 1. The molecule has 1 aliphatic heterocycles. The fourth-order valence-corrected chi connectivity index (χ4v) is 3.06. The van der Waals surface area contributed by atoms with Crippen molar-refractivity contribution in [1.82, 2.24) is 5.32 Å². The zero-order valence-electron chi connectivity index (χ0n) is 15.3. The number of carboxylic acids is 1. The molecule has 0 saturated carbocycles. The van der Waals surface area contributed by atoms with E-state index in [4.69, 9.17) is 9.84 Å². The van der Waals surface area contributed by atoms with Crippen molar-refractivity contribution >= 4 is 23.5 Å². The molecular weight excluding hydrogens is 360 g/mol. The van der Waals surface area contributed by atoms with Crippen LogP contribution in [0.25, 0.3) is 0 Å². The van der Waals surface area contributed by atoms with E-state index in [1.165, 1.54) is 0 Å². The van der Waals surface area contributed by atoms with E-state index in [0.29, 0.717) is 23.8 Å². The zero-order valence-corrected chi connectivity index (χ0v) is 15.3. The minimum atomic E-state index is -1.09. The molecular formula is C21H22N2O5. The molecule has 0 bridgehead atoms. The lowest BCUT2D eigenvalue weighted by Gasteiger charge is -2.11. The second kappa shape index (κ2) is 9.14. The van der Waals surface area contributed by atoms with Gasteiger partial charge in [-0.2, -0.15) is 0 Å². The third-order valence-corrected chi connectivity index (χ3v) is 4.56. The highest BCUT2D eigenvalue weighted by molar-refractivity contribution is 6.04. The van der Waals surface area contributed by atoms with Crippen molar-refractivity contribution < 1.29 is 24.2 Å². The SMILES string of the molecule is O=C(O)CNC(=O)Cc1ccc(NC(=O)c2cccc(C3CCOC3)c2)cc1. The Kier molecular flexibility index (Phi) is 6.39. The van der Waals surface area contributed by atoms with E-state index in [0.717, 1.165) is 24.2 Å². The lowest BCUT2D eigenvalue weighted by atomic mass is 9.96. The Morgan fingerprint density at radius 1 is 1.11 bits per heavy atom. The molecule has 1 unspecified atom stereocenters. The molecule has 1 saturated heterocycles. The summed E-state index contributed by atoms with van der Waals surface area (Å²) >= 11 is 0. The molecule has 1 fully saturated rings. The number of benzene rings is 2. The highest BCUT2D eigenvalue weighted by Gasteiger charge is 2.18. The van der Waals surface area contributed by atoms with Crippen LogP contribution in [-0.4, -0.2) is 42.6 Å². The molecule has 146 valence electrons. The molecule has 0 radical (unpaired) electrons. The quantitative estimate of drug-likeness (QED) is 0.681. The maximum Gasteiger partial charge on any atom is 0.322 e. The first-order chi connectivity index (χ1) is 13.5. The number of carboxylic acid groups (broad SMARTS) is 1. The molecule has 28 heavy (non-hydrogen) atoms. The average Bonchev–Trinajstić information content (AvgIpc) is 3.23. The third-order valence-electron chi connectivity index (χ3n) is 4.56. The number of amides is 2. The van der Waals surface area contributed by atoms with Crippen LogP contribution in [0, 0.1) is 0 Å². The molecule has 7 nitrogen and oxygen atoms in total. The van der Waals surface area contributed by atoms with Crippen LogP contribution in [0.1, 0.15) is 33.8 Å². The van der Waals surface area contributed by atoms with Crippen LogP contribution in [0.2, 0.25) is 0 Å². The maximum atomic E-state index is 12.5. The first-order valence-corrected chi connectivity index (χ1v) is 9.08. The van der Waals surface area contributed by atoms with E-state index in [-0.39, 0.29) is 18.2 Å². The van der Waals surface area contributed by atoms with Gasteiger partial charge in [0.1, 0.15) is 6.54 Å². The first kappa shape index (κ1) is 19.6. The van der Waals surface area contributed by atoms with E-state index < -0.39 is 12.5 Å². The molecule has 2 aromatic carbocycles.